The van der Waals surface area contributed by atoms with E-state index in [2.05, 4.69) is 0 Å². The number of aliphatic hydroxyl groups excluding tert-OH is 1. The van der Waals surface area contributed by atoms with Gasteiger partial charge in [0.1, 0.15) is 17.5 Å². The van der Waals surface area contributed by atoms with Gasteiger partial charge >= 0.3 is 0 Å². The zero-order valence-electron chi connectivity index (χ0n) is 9.71. The van der Waals surface area contributed by atoms with Gasteiger partial charge in [-0.2, -0.15) is 0 Å². The molecule has 0 saturated carbocycles. The lowest BCUT2D eigenvalue weighted by Crippen LogP contribution is -2.04. The lowest BCUT2D eigenvalue weighted by Gasteiger charge is -2.12. The van der Waals surface area contributed by atoms with Crippen molar-refractivity contribution in [1.29, 1.82) is 0 Å². The van der Waals surface area contributed by atoms with Gasteiger partial charge in [0.05, 0.1) is 11.1 Å². The molecule has 1 unspecified atom stereocenters. The van der Waals surface area contributed by atoms with E-state index in [0.29, 0.717) is 5.56 Å². The van der Waals surface area contributed by atoms with Crippen LogP contribution in [0.2, 0.25) is 5.02 Å². The molecule has 0 aliphatic carbocycles. The molecule has 0 aromatic heterocycles. The first kappa shape index (κ1) is 13.9. The molecule has 0 saturated heterocycles. The first-order valence-electron chi connectivity index (χ1n) is 5.54. The van der Waals surface area contributed by atoms with Crippen LogP contribution in [0.4, 0.5) is 13.2 Å². The summed E-state index contributed by atoms with van der Waals surface area (Å²) in [6.07, 6.45) is -1.21. The smallest absolute Gasteiger partial charge is 0.141 e. The molecule has 0 spiro atoms. The third kappa shape index (κ3) is 3.28. The van der Waals surface area contributed by atoms with Crippen molar-refractivity contribution in [1.82, 2.24) is 0 Å². The van der Waals surface area contributed by atoms with Gasteiger partial charge in [-0.1, -0.05) is 17.7 Å². The van der Waals surface area contributed by atoms with Gasteiger partial charge in [-0.15, -0.1) is 0 Å². The maximum absolute atomic E-state index is 13.4. The number of rotatable bonds is 3. The maximum atomic E-state index is 13.4. The molecule has 0 heterocycles. The average molecular weight is 287 g/mol. The maximum Gasteiger partial charge on any atom is 0.141 e. The molecule has 0 radical (unpaired) electrons. The van der Waals surface area contributed by atoms with Crippen molar-refractivity contribution in [2.45, 2.75) is 12.5 Å². The molecule has 0 fully saturated rings. The fourth-order valence-corrected chi connectivity index (χ4v) is 1.93. The third-order valence-corrected chi connectivity index (χ3v) is 3.04. The quantitative estimate of drug-likeness (QED) is 0.903. The number of hydrogen-bond donors (Lipinski definition) is 1. The Bertz CT molecular complexity index is 601. The summed E-state index contributed by atoms with van der Waals surface area (Å²) in [5.74, 6) is -1.79. The van der Waals surface area contributed by atoms with E-state index < -0.39 is 23.6 Å². The molecule has 0 aliphatic rings. The Morgan fingerprint density at radius 2 is 1.68 bits per heavy atom. The Morgan fingerprint density at radius 3 is 2.37 bits per heavy atom. The second kappa shape index (κ2) is 5.63. The van der Waals surface area contributed by atoms with Crippen LogP contribution < -0.4 is 0 Å². The summed E-state index contributed by atoms with van der Waals surface area (Å²) in [4.78, 5) is 0. The fourth-order valence-electron chi connectivity index (χ4n) is 1.75. The van der Waals surface area contributed by atoms with E-state index in [1.54, 1.807) is 0 Å². The van der Waals surface area contributed by atoms with Crippen molar-refractivity contribution in [3.63, 3.8) is 0 Å². The molecule has 19 heavy (non-hydrogen) atoms. The highest BCUT2D eigenvalue weighted by Gasteiger charge is 2.14. The number of halogens is 4. The molecular formula is C14H10ClF3O. The SMILES string of the molecule is OC(Cc1cc(F)ccc1F)c1ccc(F)c(Cl)c1. The van der Waals surface area contributed by atoms with Gasteiger partial charge in [-0.3, -0.25) is 0 Å². The minimum Gasteiger partial charge on any atom is -0.388 e. The Labute approximate surface area is 113 Å². The van der Waals surface area contributed by atoms with Crippen molar-refractivity contribution < 1.29 is 18.3 Å². The second-order valence-electron chi connectivity index (χ2n) is 4.13. The van der Waals surface area contributed by atoms with E-state index in [9.17, 15) is 18.3 Å². The highest BCUT2D eigenvalue weighted by molar-refractivity contribution is 6.30. The zero-order valence-corrected chi connectivity index (χ0v) is 10.5. The van der Waals surface area contributed by atoms with Gasteiger partial charge in [0, 0.05) is 6.42 Å². The van der Waals surface area contributed by atoms with Crippen LogP contribution in [0.15, 0.2) is 36.4 Å². The number of hydrogen-bond acceptors (Lipinski definition) is 1. The minimum atomic E-state index is -1.09. The highest BCUT2D eigenvalue weighted by atomic mass is 35.5. The van der Waals surface area contributed by atoms with Crippen LogP contribution in [0.25, 0.3) is 0 Å². The summed E-state index contributed by atoms with van der Waals surface area (Å²) in [6, 6.07) is 6.74. The van der Waals surface area contributed by atoms with Crippen LogP contribution in [0.1, 0.15) is 17.2 Å². The van der Waals surface area contributed by atoms with Crippen molar-refractivity contribution in [3.8, 4) is 0 Å². The summed E-state index contributed by atoms with van der Waals surface area (Å²) in [5, 5.41) is 9.81. The third-order valence-electron chi connectivity index (χ3n) is 2.75. The average Bonchev–Trinajstić information content (AvgIpc) is 2.37. The van der Waals surface area contributed by atoms with Gasteiger partial charge in [-0.05, 0) is 41.5 Å². The summed E-state index contributed by atoms with van der Waals surface area (Å²) in [7, 11) is 0. The molecule has 0 aliphatic heterocycles. The van der Waals surface area contributed by atoms with Crippen molar-refractivity contribution in [3.05, 3.63) is 70.0 Å². The molecular weight excluding hydrogens is 277 g/mol. The van der Waals surface area contributed by atoms with E-state index in [1.165, 1.54) is 12.1 Å². The zero-order chi connectivity index (χ0) is 14.0. The van der Waals surface area contributed by atoms with Gasteiger partial charge < -0.3 is 5.11 Å². The van der Waals surface area contributed by atoms with Gasteiger partial charge in [0.2, 0.25) is 0 Å². The predicted octanol–water partition coefficient (Wildman–Crippen LogP) is 4.03. The van der Waals surface area contributed by atoms with Crippen LogP contribution in [-0.4, -0.2) is 5.11 Å². The Kier molecular flexibility index (Phi) is 4.12. The Morgan fingerprint density at radius 1 is 1.00 bits per heavy atom. The normalized spacial score (nSPS) is 12.5. The predicted molar refractivity (Wildman–Crippen MR) is 66.4 cm³/mol. The first-order chi connectivity index (χ1) is 8.97. The number of aliphatic hydroxyl groups is 1. The van der Waals surface area contributed by atoms with Crippen molar-refractivity contribution in [2.75, 3.05) is 0 Å². The second-order valence-corrected chi connectivity index (χ2v) is 4.54. The molecule has 1 N–H and O–H groups in total. The summed E-state index contributed by atoms with van der Waals surface area (Å²) in [6.45, 7) is 0. The van der Waals surface area contributed by atoms with Crippen LogP contribution in [-0.2, 0) is 6.42 Å². The molecule has 2 aromatic carbocycles. The first-order valence-corrected chi connectivity index (χ1v) is 5.92. The molecule has 1 atom stereocenters. The highest BCUT2D eigenvalue weighted by Crippen LogP contribution is 2.24. The van der Waals surface area contributed by atoms with Crippen LogP contribution >= 0.6 is 11.6 Å². The minimum absolute atomic E-state index is 0.0490. The van der Waals surface area contributed by atoms with Crippen LogP contribution in [0, 0.1) is 17.5 Å². The molecule has 0 amide bonds. The van der Waals surface area contributed by atoms with Gasteiger partial charge in [-0.25, -0.2) is 13.2 Å². The molecule has 2 aromatic rings. The van der Waals surface area contributed by atoms with Crippen LogP contribution in [0.3, 0.4) is 0 Å². The molecule has 5 heteroatoms. The fraction of sp³-hybridized carbons (Fsp3) is 0.143. The standard InChI is InChI=1S/C14H10ClF3O/c15-11-6-8(1-3-13(11)18)14(19)7-9-5-10(16)2-4-12(9)17/h1-6,14,19H,7H2. The van der Waals surface area contributed by atoms with E-state index in [-0.39, 0.29) is 17.0 Å². The van der Waals surface area contributed by atoms with Crippen LogP contribution in [0.5, 0.6) is 0 Å². The molecule has 2 rings (SSSR count). The van der Waals surface area contributed by atoms with E-state index in [1.807, 2.05) is 0 Å². The molecule has 0 bridgehead atoms. The lowest BCUT2D eigenvalue weighted by atomic mass is 10.0. The largest absolute Gasteiger partial charge is 0.388 e. The monoisotopic (exact) mass is 286 g/mol. The molecule has 1 nitrogen and oxygen atoms in total. The Balaban J connectivity index is 2.22. The molecule has 100 valence electrons. The lowest BCUT2D eigenvalue weighted by molar-refractivity contribution is 0.177. The van der Waals surface area contributed by atoms with Crippen molar-refractivity contribution >= 4 is 11.6 Å². The topological polar surface area (TPSA) is 20.2 Å². The summed E-state index contributed by atoms with van der Waals surface area (Å²) >= 11 is 5.60. The summed E-state index contributed by atoms with van der Waals surface area (Å²) < 4.78 is 39.4. The van der Waals surface area contributed by atoms with E-state index in [0.717, 1.165) is 24.3 Å². The van der Waals surface area contributed by atoms with E-state index in [4.69, 9.17) is 11.6 Å². The van der Waals surface area contributed by atoms with E-state index >= 15 is 0 Å². The summed E-state index contributed by atoms with van der Waals surface area (Å²) in [5.41, 5.74) is 0.392. The van der Waals surface area contributed by atoms with Crippen molar-refractivity contribution in [2.24, 2.45) is 0 Å². The Hall–Kier alpha value is -1.52. The van der Waals surface area contributed by atoms with Gasteiger partial charge in [0.15, 0.2) is 0 Å². The number of benzene rings is 2. The van der Waals surface area contributed by atoms with Gasteiger partial charge in [0.25, 0.3) is 0 Å².